The van der Waals surface area contributed by atoms with Crippen molar-refractivity contribution < 1.29 is 33.7 Å². The summed E-state index contributed by atoms with van der Waals surface area (Å²) in [6, 6.07) is 0. The Bertz CT molecular complexity index is 1290. The summed E-state index contributed by atoms with van der Waals surface area (Å²) in [5.41, 5.74) is -0.411. The number of carbonyl (C=O) groups excluding carboxylic acids is 2. The quantitative estimate of drug-likeness (QED) is 0.211. The van der Waals surface area contributed by atoms with E-state index >= 15 is 0 Å². The molecule has 2 bridgehead atoms. The maximum absolute atomic E-state index is 13.4. The van der Waals surface area contributed by atoms with Crippen molar-refractivity contribution in [3.63, 3.8) is 0 Å². The number of hydrogen-bond donors (Lipinski definition) is 2. The number of rotatable bonds is 8. The fraction of sp³-hybridized carbons (Fsp3) is 0.872. The first kappa shape index (κ1) is 36.4. The van der Waals surface area contributed by atoms with E-state index in [0.717, 1.165) is 25.7 Å². The van der Waals surface area contributed by atoms with Gasteiger partial charge >= 0.3 is 17.9 Å². The molecule has 4 aliphatic carbocycles. The largest absolute Gasteiger partial charge is 0.481 e. The molecule has 1 saturated heterocycles. The molecule has 2 N–H and O–H groups in total. The Balaban J connectivity index is 1.52. The molecule has 0 aromatic carbocycles. The molecule has 1 aliphatic heterocycles. The number of ether oxygens (including phenoxy) is 3. The van der Waals surface area contributed by atoms with Crippen LogP contribution in [0.2, 0.25) is 0 Å². The Hall–Kier alpha value is -1.93. The van der Waals surface area contributed by atoms with Crippen LogP contribution in [0.5, 0.6) is 0 Å². The molecule has 1 heterocycles. The van der Waals surface area contributed by atoms with Crippen molar-refractivity contribution in [2.24, 2.45) is 62.1 Å². The SMILES string of the molecule is CC(=O)O[C@@H]1C[C@@]23COC[C@](C)([C@@H]2CC[C@H]2C3=CC[C@@]3(C)[C@H](C(=O)O)[C@@](C)([C@H](C)C(C)C)CC[C@]23C)[C@H]1OC(=O)CNCC(C)(C)C. The van der Waals surface area contributed by atoms with Crippen molar-refractivity contribution in [3.05, 3.63) is 11.6 Å². The van der Waals surface area contributed by atoms with Crippen LogP contribution >= 0.6 is 0 Å². The lowest BCUT2D eigenvalue weighted by molar-refractivity contribution is -0.262. The van der Waals surface area contributed by atoms with E-state index in [1.807, 2.05) is 0 Å². The average Bonchev–Trinajstić information content (AvgIpc) is 2.94. The predicted molar refractivity (Wildman–Crippen MR) is 181 cm³/mol. The Labute approximate surface area is 283 Å². The van der Waals surface area contributed by atoms with Gasteiger partial charge in [-0.15, -0.1) is 0 Å². The highest BCUT2D eigenvalue weighted by molar-refractivity contribution is 5.73. The second-order valence-electron chi connectivity index (χ2n) is 18.8. The first-order chi connectivity index (χ1) is 21.7. The second-order valence-corrected chi connectivity index (χ2v) is 18.8. The molecule has 0 aromatic heterocycles. The zero-order valence-electron chi connectivity index (χ0n) is 31.1. The first-order valence-electron chi connectivity index (χ1n) is 18.2. The molecular formula is C39H63NO7. The topological polar surface area (TPSA) is 111 Å². The molecule has 4 fully saturated rings. The van der Waals surface area contributed by atoms with Gasteiger partial charge in [-0.05, 0) is 83.9 Å². The summed E-state index contributed by atoms with van der Waals surface area (Å²) in [6.45, 7) is 25.3. The molecule has 47 heavy (non-hydrogen) atoms. The number of hydrogen-bond acceptors (Lipinski definition) is 7. The van der Waals surface area contributed by atoms with Gasteiger partial charge in [0.25, 0.3) is 0 Å². The zero-order chi connectivity index (χ0) is 35.0. The number of aliphatic carboxylic acids is 1. The van der Waals surface area contributed by atoms with Crippen LogP contribution in [0.1, 0.15) is 115 Å². The molecule has 0 unspecified atom stereocenters. The third kappa shape index (κ3) is 5.69. The highest BCUT2D eigenvalue weighted by Gasteiger charge is 2.72. The third-order valence-electron chi connectivity index (χ3n) is 14.6. The van der Waals surface area contributed by atoms with Gasteiger partial charge in [0.1, 0.15) is 12.2 Å². The van der Waals surface area contributed by atoms with Crippen LogP contribution < -0.4 is 5.32 Å². The summed E-state index contributed by atoms with van der Waals surface area (Å²) in [6.07, 6.45) is 6.22. The van der Waals surface area contributed by atoms with Gasteiger partial charge in [0.05, 0.1) is 25.7 Å². The van der Waals surface area contributed by atoms with E-state index in [-0.39, 0.29) is 57.9 Å². The lowest BCUT2D eigenvalue weighted by atomic mass is 9.34. The summed E-state index contributed by atoms with van der Waals surface area (Å²) in [5, 5.41) is 14.2. The number of carboxylic acids is 1. The van der Waals surface area contributed by atoms with Crippen molar-refractivity contribution in [1.82, 2.24) is 5.32 Å². The molecule has 0 spiro atoms. The third-order valence-corrected chi connectivity index (χ3v) is 14.6. The number of allylic oxidation sites excluding steroid dienone is 1. The Morgan fingerprint density at radius 1 is 1.02 bits per heavy atom. The van der Waals surface area contributed by atoms with Gasteiger partial charge in [0.15, 0.2) is 0 Å². The van der Waals surface area contributed by atoms with Gasteiger partial charge in [-0.3, -0.25) is 14.4 Å². The van der Waals surface area contributed by atoms with Crippen molar-refractivity contribution in [1.29, 1.82) is 0 Å². The predicted octanol–water partition coefficient (Wildman–Crippen LogP) is 7.05. The molecule has 8 heteroatoms. The fourth-order valence-electron chi connectivity index (χ4n) is 11.8. The maximum atomic E-state index is 13.4. The number of esters is 2. The van der Waals surface area contributed by atoms with Crippen LogP contribution in [-0.2, 0) is 28.6 Å². The lowest BCUT2D eigenvalue weighted by Gasteiger charge is -2.71. The van der Waals surface area contributed by atoms with E-state index in [0.29, 0.717) is 38.5 Å². The molecular weight excluding hydrogens is 594 g/mol. The molecule has 0 amide bonds. The molecule has 5 rings (SSSR count). The summed E-state index contributed by atoms with van der Waals surface area (Å²) in [7, 11) is 0. The highest BCUT2D eigenvalue weighted by atomic mass is 16.6. The van der Waals surface area contributed by atoms with Crippen molar-refractivity contribution in [2.45, 2.75) is 127 Å². The van der Waals surface area contributed by atoms with E-state index < -0.39 is 34.9 Å². The minimum Gasteiger partial charge on any atom is -0.481 e. The molecule has 3 saturated carbocycles. The van der Waals surface area contributed by atoms with Gasteiger partial charge in [-0.25, -0.2) is 0 Å². The Morgan fingerprint density at radius 2 is 1.70 bits per heavy atom. The van der Waals surface area contributed by atoms with Crippen molar-refractivity contribution in [3.8, 4) is 0 Å². The minimum atomic E-state index is -0.667. The van der Waals surface area contributed by atoms with Gasteiger partial charge in [0, 0.05) is 24.3 Å². The van der Waals surface area contributed by atoms with Gasteiger partial charge in [-0.2, -0.15) is 0 Å². The van der Waals surface area contributed by atoms with Crippen LogP contribution in [0.15, 0.2) is 11.6 Å². The number of fused-ring (bicyclic) bond motifs is 3. The fourth-order valence-corrected chi connectivity index (χ4v) is 11.8. The molecule has 5 aliphatic rings. The van der Waals surface area contributed by atoms with E-state index in [2.05, 4.69) is 80.6 Å². The van der Waals surface area contributed by atoms with Crippen molar-refractivity contribution >= 4 is 17.9 Å². The standard InChI is InChI=1S/C39H63NO7/c1-23(2)24(3)35(8)16-17-37(10)26-12-13-29-36(9)21-45-22-39(29,27(26)14-15-38(37,11)31(35)33(43)44)18-28(46-25(4)41)32(36)47-30(42)19-40-20-34(5,6)7/h14,23-24,26,28-29,31-32,40H,12-13,15-22H2,1-11H3,(H,43,44)/t24-,26+,28-,29+,31-,32+,35-,36-,37-,38+,39+/m1/s1. The molecule has 266 valence electrons. The van der Waals surface area contributed by atoms with Gasteiger partial charge in [0.2, 0.25) is 0 Å². The van der Waals surface area contributed by atoms with Crippen LogP contribution in [0.4, 0.5) is 0 Å². The zero-order valence-corrected chi connectivity index (χ0v) is 31.1. The molecule has 0 radical (unpaired) electrons. The summed E-state index contributed by atoms with van der Waals surface area (Å²) in [5.74, 6) is -0.762. The van der Waals surface area contributed by atoms with E-state index in [1.165, 1.54) is 12.5 Å². The van der Waals surface area contributed by atoms with Crippen molar-refractivity contribution in [2.75, 3.05) is 26.3 Å². The summed E-state index contributed by atoms with van der Waals surface area (Å²) in [4.78, 5) is 39.2. The maximum Gasteiger partial charge on any atom is 0.320 e. The summed E-state index contributed by atoms with van der Waals surface area (Å²) < 4.78 is 18.8. The highest BCUT2D eigenvalue weighted by Crippen LogP contribution is 2.75. The molecule has 11 atom stereocenters. The lowest BCUT2D eigenvalue weighted by Crippen LogP contribution is -2.70. The Morgan fingerprint density at radius 3 is 2.30 bits per heavy atom. The minimum absolute atomic E-state index is 0.0291. The van der Waals surface area contributed by atoms with Gasteiger partial charge in [-0.1, -0.05) is 80.9 Å². The first-order valence-corrected chi connectivity index (χ1v) is 18.2. The summed E-state index contributed by atoms with van der Waals surface area (Å²) >= 11 is 0. The van der Waals surface area contributed by atoms with E-state index in [9.17, 15) is 19.5 Å². The normalized spacial score (nSPS) is 43.5. The van der Waals surface area contributed by atoms with Crippen LogP contribution in [-0.4, -0.2) is 61.5 Å². The van der Waals surface area contributed by atoms with E-state index in [4.69, 9.17) is 14.2 Å². The number of nitrogens with one attached hydrogen (secondary N) is 1. The van der Waals surface area contributed by atoms with Crippen LogP contribution in [0.25, 0.3) is 0 Å². The number of carboxylic acid groups (broad SMARTS) is 1. The Kier molecular flexibility index (Phi) is 9.39. The van der Waals surface area contributed by atoms with Crippen LogP contribution in [0.3, 0.4) is 0 Å². The second kappa shape index (κ2) is 12.1. The van der Waals surface area contributed by atoms with Crippen LogP contribution in [0, 0.1) is 62.1 Å². The average molecular weight is 658 g/mol. The molecule has 0 aromatic rings. The smallest absolute Gasteiger partial charge is 0.320 e. The monoisotopic (exact) mass is 657 g/mol. The van der Waals surface area contributed by atoms with E-state index in [1.54, 1.807) is 0 Å². The number of carbonyl (C=O) groups is 3. The van der Waals surface area contributed by atoms with Gasteiger partial charge < -0.3 is 24.6 Å². The molecule has 8 nitrogen and oxygen atoms in total.